The van der Waals surface area contributed by atoms with Gasteiger partial charge in [-0.2, -0.15) is 0 Å². The van der Waals surface area contributed by atoms with Crippen molar-refractivity contribution < 1.29 is 4.79 Å². The molecule has 1 aromatic rings. The second kappa shape index (κ2) is 5.97. The third-order valence-electron chi connectivity index (χ3n) is 3.83. The summed E-state index contributed by atoms with van der Waals surface area (Å²) < 4.78 is 0. The Balaban J connectivity index is 1.57. The number of fused-ring (bicyclic) bond motifs is 1. The van der Waals surface area contributed by atoms with Gasteiger partial charge in [-0.25, -0.2) is 0 Å². The van der Waals surface area contributed by atoms with Crippen LogP contribution in [-0.2, 0) is 11.2 Å². The Morgan fingerprint density at radius 3 is 3.11 bits per heavy atom. The van der Waals surface area contributed by atoms with E-state index < -0.39 is 0 Å². The maximum absolute atomic E-state index is 12.3. The fraction of sp³-hybridized carbons (Fsp3) is 0.533. The molecule has 0 aliphatic carbocycles. The van der Waals surface area contributed by atoms with Crippen molar-refractivity contribution in [3.05, 3.63) is 29.8 Å². The van der Waals surface area contributed by atoms with Gasteiger partial charge < -0.3 is 10.6 Å². The molecule has 0 spiro atoms. The fourth-order valence-electron chi connectivity index (χ4n) is 2.76. The number of thioether (sulfide) groups is 1. The molecule has 2 aliphatic heterocycles. The number of amides is 1. The van der Waals surface area contributed by atoms with Crippen molar-refractivity contribution in [2.24, 2.45) is 0 Å². The second-order valence-corrected chi connectivity index (χ2v) is 6.57. The molecule has 4 heteroatoms. The minimum Gasteiger partial charge on any atom is -0.351 e. The van der Waals surface area contributed by atoms with Crippen LogP contribution in [0.15, 0.2) is 29.2 Å². The van der Waals surface area contributed by atoms with Crippen LogP contribution >= 0.6 is 11.8 Å². The smallest absolute Gasteiger partial charge is 0.234 e. The van der Waals surface area contributed by atoms with E-state index in [2.05, 4.69) is 28.8 Å². The zero-order chi connectivity index (χ0) is 13.1. The Hall–Kier alpha value is -1.00. The summed E-state index contributed by atoms with van der Waals surface area (Å²) in [5.74, 6) is 0.204. The van der Waals surface area contributed by atoms with Gasteiger partial charge in [-0.1, -0.05) is 24.6 Å². The topological polar surface area (TPSA) is 41.1 Å². The number of hydrogen-bond donors (Lipinski definition) is 2. The van der Waals surface area contributed by atoms with Gasteiger partial charge in [0.1, 0.15) is 0 Å². The minimum absolute atomic E-state index is 0.0562. The summed E-state index contributed by atoms with van der Waals surface area (Å²) in [6, 6.07) is 8.64. The van der Waals surface area contributed by atoms with Crippen LogP contribution in [0.1, 0.15) is 24.8 Å². The summed E-state index contributed by atoms with van der Waals surface area (Å²) in [6.45, 7) is 1.99. The molecule has 0 bridgehead atoms. The zero-order valence-electron chi connectivity index (χ0n) is 11.0. The number of hydrogen-bond acceptors (Lipinski definition) is 3. The molecule has 1 fully saturated rings. The van der Waals surface area contributed by atoms with Crippen LogP contribution in [0.25, 0.3) is 0 Å². The summed E-state index contributed by atoms with van der Waals surface area (Å²) in [7, 11) is 0. The van der Waals surface area contributed by atoms with Crippen LogP contribution in [0.5, 0.6) is 0 Å². The van der Waals surface area contributed by atoms with E-state index in [0.717, 1.165) is 25.9 Å². The van der Waals surface area contributed by atoms with Crippen molar-refractivity contribution in [1.29, 1.82) is 0 Å². The lowest BCUT2D eigenvalue weighted by molar-refractivity contribution is -0.121. The van der Waals surface area contributed by atoms with Crippen molar-refractivity contribution in [2.75, 3.05) is 13.1 Å². The molecule has 2 aliphatic rings. The molecule has 1 aromatic carbocycles. The van der Waals surface area contributed by atoms with Gasteiger partial charge in [0.05, 0.1) is 5.25 Å². The molecule has 0 saturated carbocycles. The molecule has 102 valence electrons. The van der Waals surface area contributed by atoms with Crippen molar-refractivity contribution in [3.8, 4) is 0 Å². The first-order valence-corrected chi connectivity index (χ1v) is 7.96. The molecule has 2 N–H and O–H groups in total. The van der Waals surface area contributed by atoms with E-state index in [4.69, 9.17) is 0 Å². The van der Waals surface area contributed by atoms with Crippen LogP contribution in [0.4, 0.5) is 0 Å². The number of benzene rings is 1. The van der Waals surface area contributed by atoms with Gasteiger partial charge in [0.25, 0.3) is 0 Å². The third-order valence-corrected chi connectivity index (χ3v) is 5.15. The van der Waals surface area contributed by atoms with E-state index in [1.54, 1.807) is 11.8 Å². The van der Waals surface area contributed by atoms with Gasteiger partial charge in [-0.05, 0) is 37.4 Å². The fourth-order valence-corrected chi connectivity index (χ4v) is 3.97. The Kier molecular flexibility index (Phi) is 4.09. The van der Waals surface area contributed by atoms with Crippen molar-refractivity contribution in [1.82, 2.24) is 10.6 Å². The number of carbonyl (C=O) groups is 1. The highest BCUT2D eigenvalue weighted by Crippen LogP contribution is 2.36. The standard InChI is InChI=1S/C15H20N2OS/c18-15(17-12-6-3-4-8-16-10-12)14-9-11-5-1-2-7-13(11)19-14/h1-2,5,7,12,14,16H,3-4,6,8-10H2,(H,17,18). The van der Waals surface area contributed by atoms with Crippen molar-refractivity contribution in [2.45, 2.75) is 41.9 Å². The summed E-state index contributed by atoms with van der Waals surface area (Å²) in [5, 5.41) is 6.66. The molecular formula is C15H20N2OS. The van der Waals surface area contributed by atoms with E-state index in [1.165, 1.54) is 23.3 Å². The van der Waals surface area contributed by atoms with Gasteiger partial charge in [-0.15, -0.1) is 11.8 Å². The lowest BCUT2D eigenvalue weighted by atomic mass is 10.1. The Morgan fingerprint density at radius 2 is 2.21 bits per heavy atom. The van der Waals surface area contributed by atoms with Crippen LogP contribution in [0.3, 0.4) is 0 Å². The highest BCUT2D eigenvalue weighted by Gasteiger charge is 2.29. The molecule has 0 radical (unpaired) electrons. The first-order valence-electron chi connectivity index (χ1n) is 7.08. The van der Waals surface area contributed by atoms with E-state index >= 15 is 0 Å². The number of carbonyl (C=O) groups excluding carboxylic acids is 1. The van der Waals surface area contributed by atoms with Gasteiger partial charge >= 0.3 is 0 Å². The average Bonchev–Trinajstić information content (AvgIpc) is 2.70. The summed E-state index contributed by atoms with van der Waals surface area (Å²) in [4.78, 5) is 13.6. The molecule has 2 atom stereocenters. The minimum atomic E-state index is 0.0562. The first kappa shape index (κ1) is 13.0. The quantitative estimate of drug-likeness (QED) is 0.867. The van der Waals surface area contributed by atoms with Gasteiger partial charge in [0.15, 0.2) is 0 Å². The molecule has 1 saturated heterocycles. The van der Waals surface area contributed by atoms with Gasteiger partial charge in [-0.3, -0.25) is 4.79 Å². The maximum atomic E-state index is 12.3. The Labute approximate surface area is 118 Å². The summed E-state index contributed by atoms with van der Waals surface area (Å²) in [5.41, 5.74) is 1.31. The predicted octanol–water partition coefficient (Wildman–Crippen LogP) is 1.96. The van der Waals surface area contributed by atoms with E-state index in [-0.39, 0.29) is 11.2 Å². The molecule has 3 rings (SSSR count). The van der Waals surface area contributed by atoms with Gasteiger partial charge in [0, 0.05) is 17.5 Å². The Morgan fingerprint density at radius 1 is 1.32 bits per heavy atom. The van der Waals surface area contributed by atoms with Crippen LogP contribution in [-0.4, -0.2) is 30.3 Å². The molecule has 19 heavy (non-hydrogen) atoms. The van der Waals surface area contributed by atoms with E-state index in [0.29, 0.717) is 6.04 Å². The van der Waals surface area contributed by atoms with Crippen LogP contribution in [0, 0.1) is 0 Å². The molecular weight excluding hydrogens is 256 g/mol. The SMILES string of the molecule is O=C(NC1CCCCNC1)C1Cc2ccccc2S1. The first-order chi connectivity index (χ1) is 9.33. The highest BCUT2D eigenvalue weighted by molar-refractivity contribution is 8.01. The molecule has 3 nitrogen and oxygen atoms in total. The Bertz CT molecular complexity index is 430. The van der Waals surface area contributed by atoms with Crippen molar-refractivity contribution in [3.63, 3.8) is 0 Å². The molecule has 2 unspecified atom stereocenters. The molecule has 0 aromatic heterocycles. The number of nitrogens with one attached hydrogen (secondary N) is 2. The normalized spacial score (nSPS) is 26.5. The zero-order valence-corrected chi connectivity index (χ0v) is 11.8. The van der Waals surface area contributed by atoms with Crippen molar-refractivity contribution >= 4 is 17.7 Å². The second-order valence-electron chi connectivity index (χ2n) is 5.32. The predicted molar refractivity (Wildman–Crippen MR) is 78.4 cm³/mol. The van der Waals surface area contributed by atoms with Gasteiger partial charge in [0.2, 0.25) is 5.91 Å². The molecule has 2 heterocycles. The average molecular weight is 276 g/mol. The summed E-state index contributed by atoms with van der Waals surface area (Å²) in [6.07, 6.45) is 4.39. The molecule has 1 amide bonds. The maximum Gasteiger partial charge on any atom is 0.234 e. The lowest BCUT2D eigenvalue weighted by Gasteiger charge is -2.18. The van der Waals surface area contributed by atoms with E-state index in [9.17, 15) is 4.79 Å². The number of rotatable bonds is 2. The van der Waals surface area contributed by atoms with Crippen LogP contribution in [0.2, 0.25) is 0 Å². The lowest BCUT2D eigenvalue weighted by Crippen LogP contribution is -2.44. The summed E-state index contributed by atoms with van der Waals surface area (Å²) >= 11 is 1.71. The largest absolute Gasteiger partial charge is 0.351 e. The highest BCUT2D eigenvalue weighted by atomic mass is 32.2. The van der Waals surface area contributed by atoms with E-state index in [1.807, 2.05) is 6.07 Å². The van der Waals surface area contributed by atoms with Crippen LogP contribution < -0.4 is 10.6 Å². The monoisotopic (exact) mass is 276 g/mol. The third kappa shape index (κ3) is 3.12.